The molecule has 0 bridgehead atoms. The van der Waals surface area contributed by atoms with Gasteiger partial charge >= 0.3 is 0 Å². The minimum atomic E-state index is -0.223. The third-order valence-electron chi connectivity index (χ3n) is 5.53. The average Bonchev–Trinajstić information content (AvgIpc) is 2.61. The molecule has 1 amide bonds. The van der Waals surface area contributed by atoms with E-state index in [2.05, 4.69) is 9.88 Å². The zero-order chi connectivity index (χ0) is 17.7. The fraction of sp³-hybridized carbons (Fsp3) is 0.684. The number of piperidine rings is 2. The molecule has 1 spiro atoms. The summed E-state index contributed by atoms with van der Waals surface area (Å²) >= 11 is 0. The number of carbonyl (C=O) groups excluding carboxylic acids is 1. The number of nitrogens with zero attached hydrogens (tertiary/aromatic N) is 2. The number of rotatable bonds is 5. The maximum atomic E-state index is 12.8. The van der Waals surface area contributed by atoms with Crippen LogP contribution in [0.1, 0.15) is 42.5 Å². The number of H-pyrrole nitrogens is 1. The van der Waals surface area contributed by atoms with Crippen LogP contribution in [0.15, 0.2) is 23.1 Å². The molecule has 2 aliphatic rings. The maximum absolute atomic E-state index is 12.8. The number of likely N-dealkylation sites (tertiary alicyclic amines) is 2. The lowest BCUT2D eigenvalue weighted by molar-refractivity contribution is 0.0117. The molecule has 1 unspecified atom stereocenters. The molecule has 138 valence electrons. The summed E-state index contributed by atoms with van der Waals surface area (Å²) < 4.78 is 5.17. The number of hydrogen-bond acceptors (Lipinski definition) is 4. The fourth-order valence-electron chi connectivity index (χ4n) is 4.41. The van der Waals surface area contributed by atoms with Gasteiger partial charge in [0.05, 0.1) is 0 Å². The van der Waals surface area contributed by atoms with E-state index in [1.807, 2.05) is 4.90 Å². The first-order valence-corrected chi connectivity index (χ1v) is 9.31. The van der Waals surface area contributed by atoms with E-state index in [0.717, 1.165) is 52.2 Å². The molecule has 25 heavy (non-hydrogen) atoms. The third kappa shape index (κ3) is 4.50. The molecule has 3 rings (SSSR count). The Kier molecular flexibility index (Phi) is 5.91. The second-order valence-corrected chi connectivity index (χ2v) is 7.50. The summed E-state index contributed by atoms with van der Waals surface area (Å²) in [6.45, 7) is 5.67. The number of hydrogen-bond donors (Lipinski definition) is 1. The summed E-state index contributed by atoms with van der Waals surface area (Å²) in [5.41, 5.74) is 0.480. The van der Waals surface area contributed by atoms with E-state index >= 15 is 0 Å². The van der Waals surface area contributed by atoms with Crippen LogP contribution in [0, 0.1) is 5.41 Å². The van der Waals surface area contributed by atoms with Gasteiger partial charge in [0.15, 0.2) is 0 Å². The van der Waals surface area contributed by atoms with Crippen molar-refractivity contribution in [1.82, 2.24) is 14.8 Å². The van der Waals surface area contributed by atoms with Crippen molar-refractivity contribution in [2.24, 2.45) is 5.41 Å². The lowest BCUT2D eigenvalue weighted by atomic mass is 9.73. The van der Waals surface area contributed by atoms with Crippen molar-refractivity contribution in [2.45, 2.75) is 32.1 Å². The standard InChI is InChI=1S/C19H29N3O3/c1-25-12-4-10-21-9-2-6-19(14-21)7-3-11-22(15-19)18(24)16-5-8-20-17(23)13-16/h5,8,13H,2-4,6-7,9-12,14-15H2,1H3,(H,20,23). The lowest BCUT2D eigenvalue weighted by Gasteiger charge is -2.48. The molecular weight excluding hydrogens is 318 g/mol. The van der Waals surface area contributed by atoms with Crippen molar-refractivity contribution in [3.8, 4) is 0 Å². The van der Waals surface area contributed by atoms with Gasteiger partial charge < -0.3 is 19.5 Å². The first-order chi connectivity index (χ1) is 12.1. The number of pyridine rings is 1. The van der Waals surface area contributed by atoms with Crippen LogP contribution >= 0.6 is 0 Å². The Morgan fingerprint density at radius 1 is 1.28 bits per heavy atom. The van der Waals surface area contributed by atoms with Crippen LogP contribution in [0.3, 0.4) is 0 Å². The Morgan fingerprint density at radius 3 is 2.84 bits per heavy atom. The summed E-state index contributed by atoms with van der Waals surface area (Å²) in [6.07, 6.45) is 7.22. The highest BCUT2D eigenvalue weighted by Crippen LogP contribution is 2.38. The molecule has 2 fully saturated rings. The molecule has 1 aromatic heterocycles. The van der Waals surface area contributed by atoms with Crippen molar-refractivity contribution in [2.75, 3.05) is 46.4 Å². The van der Waals surface area contributed by atoms with Crippen LogP contribution in [0.5, 0.6) is 0 Å². The predicted octanol–water partition coefficient (Wildman–Crippen LogP) is 1.73. The van der Waals surface area contributed by atoms with E-state index in [4.69, 9.17) is 4.74 Å². The summed E-state index contributed by atoms with van der Waals surface area (Å²) in [7, 11) is 1.75. The third-order valence-corrected chi connectivity index (χ3v) is 5.53. The van der Waals surface area contributed by atoms with Crippen LogP contribution in [-0.4, -0.2) is 67.1 Å². The van der Waals surface area contributed by atoms with Crippen molar-refractivity contribution in [3.63, 3.8) is 0 Å². The van der Waals surface area contributed by atoms with Gasteiger partial charge in [-0.05, 0) is 44.7 Å². The topological polar surface area (TPSA) is 65.6 Å². The number of aromatic amines is 1. The number of nitrogens with one attached hydrogen (secondary N) is 1. The Hall–Kier alpha value is -1.66. The molecule has 0 aromatic carbocycles. The number of aromatic nitrogens is 1. The van der Waals surface area contributed by atoms with Crippen LogP contribution in [0.4, 0.5) is 0 Å². The normalized spacial score (nSPS) is 24.6. The zero-order valence-corrected chi connectivity index (χ0v) is 15.1. The molecule has 1 aromatic rings. The molecule has 1 atom stereocenters. The van der Waals surface area contributed by atoms with E-state index in [9.17, 15) is 9.59 Å². The highest BCUT2D eigenvalue weighted by Gasteiger charge is 2.40. The molecule has 3 heterocycles. The van der Waals surface area contributed by atoms with Gasteiger partial charge in [-0.2, -0.15) is 0 Å². The average molecular weight is 347 g/mol. The van der Waals surface area contributed by atoms with Crippen molar-refractivity contribution in [1.29, 1.82) is 0 Å². The minimum absolute atomic E-state index is 0.0123. The van der Waals surface area contributed by atoms with Gasteiger partial charge in [0.1, 0.15) is 0 Å². The Bertz CT molecular complexity index is 641. The summed E-state index contributed by atoms with van der Waals surface area (Å²) in [5, 5.41) is 0. The molecule has 2 aliphatic heterocycles. The van der Waals surface area contributed by atoms with Crippen molar-refractivity contribution >= 4 is 5.91 Å². The van der Waals surface area contributed by atoms with Gasteiger partial charge in [-0.1, -0.05) is 0 Å². The molecular formula is C19H29N3O3. The zero-order valence-electron chi connectivity index (χ0n) is 15.1. The maximum Gasteiger partial charge on any atom is 0.254 e. The summed E-state index contributed by atoms with van der Waals surface area (Å²) in [6, 6.07) is 3.10. The SMILES string of the molecule is COCCCN1CCCC2(CCCN(C(=O)c3cc[nH]c(=O)c3)C2)C1. The highest BCUT2D eigenvalue weighted by atomic mass is 16.5. The van der Waals surface area contributed by atoms with Gasteiger partial charge in [0.2, 0.25) is 5.56 Å². The predicted molar refractivity (Wildman–Crippen MR) is 96.8 cm³/mol. The molecule has 0 saturated carbocycles. The van der Waals surface area contributed by atoms with Gasteiger partial charge in [-0.25, -0.2) is 0 Å². The van der Waals surface area contributed by atoms with Gasteiger partial charge in [-0.15, -0.1) is 0 Å². The van der Waals surface area contributed by atoms with Crippen LogP contribution in [-0.2, 0) is 4.74 Å². The van der Waals surface area contributed by atoms with Gasteiger partial charge in [-0.3, -0.25) is 9.59 Å². The molecule has 1 N–H and O–H groups in total. The minimum Gasteiger partial charge on any atom is -0.385 e. The quantitative estimate of drug-likeness (QED) is 0.824. The second kappa shape index (κ2) is 8.15. The van der Waals surface area contributed by atoms with E-state index in [-0.39, 0.29) is 16.9 Å². The van der Waals surface area contributed by atoms with Crippen molar-refractivity contribution in [3.05, 3.63) is 34.2 Å². The lowest BCUT2D eigenvalue weighted by Crippen LogP contribution is -2.53. The highest BCUT2D eigenvalue weighted by molar-refractivity contribution is 5.94. The van der Waals surface area contributed by atoms with E-state index in [0.29, 0.717) is 5.56 Å². The van der Waals surface area contributed by atoms with E-state index in [1.165, 1.54) is 25.3 Å². The Morgan fingerprint density at radius 2 is 2.08 bits per heavy atom. The van der Waals surface area contributed by atoms with Crippen molar-refractivity contribution < 1.29 is 9.53 Å². The van der Waals surface area contributed by atoms with E-state index in [1.54, 1.807) is 19.4 Å². The first-order valence-electron chi connectivity index (χ1n) is 9.31. The molecule has 0 aliphatic carbocycles. The van der Waals surface area contributed by atoms with Crippen LogP contribution < -0.4 is 5.56 Å². The largest absolute Gasteiger partial charge is 0.385 e. The van der Waals surface area contributed by atoms with Gasteiger partial charge in [0.25, 0.3) is 5.91 Å². The van der Waals surface area contributed by atoms with E-state index < -0.39 is 0 Å². The molecule has 6 heteroatoms. The van der Waals surface area contributed by atoms with Crippen LogP contribution in [0.25, 0.3) is 0 Å². The molecule has 6 nitrogen and oxygen atoms in total. The number of amides is 1. The number of ether oxygens (including phenoxy) is 1. The van der Waals surface area contributed by atoms with Gasteiger partial charge in [0, 0.05) is 63.1 Å². The molecule has 0 radical (unpaired) electrons. The number of methoxy groups -OCH3 is 1. The first kappa shape index (κ1) is 18.1. The number of carbonyl (C=O) groups is 1. The monoisotopic (exact) mass is 347 g/mol. The Balaban J connectivity index is 1.65. The second-order valence-electron chi connectivity index (χ2n) is 7.50. The fourth-order valence-corrected chi connectivity index (χ4v) is 4.41. The Labute approximate surface area is 149 Å². The summed E-state index contributed by atoms with van der Waals surface area (Å²) in [4.78, 5) is 31.4. The van der Waals surface area contributed by atoms with Crippen LogP contribution in [0.2, 0.25) is 0 Å². The molecule has 2 saturated heterocycles. The smallest absolute Gasteiger partial charge is 0.254 e. The summed E-state index contributed by atoms with van der Waals surface area (Å²) in [5.74, 6) is -0.0123.